The number of hydrogen-bond donors (Lipinski definition) is 0. The second-order valence-corrected chi connectivity index (χ2v) is 4.25. The van der Waals surface area contributed by atoms with Gasteiger partial charge < -0.3 is 14.2 Å². The van der Waals surface area contributed by atoms with E-state index in [9.17, 15) is 4.79 Å². The van der Waals surface area contributed by atoms with Gasteiger partial charge >= 0.3 is 0 Å². The van der Waals surface area contributed by atoms with Gasteiger partial charge in [0.2, 0.25) is 0 Å². The third-order valence-electron chi connectivity index (χ3n) is 1.97. The summed E-state index contributed by atoms with van der Waals surface area (Å²) in [6, 6.07) is 3.43. The fraction of sp³-hybridized carbons (Fsp3) is 0.364. The maximum atomic E-state index is 11.4. The van der Waals surface area contributed by atoms with Crippen molar-refractivity contribution in [3.05, 3.63) is 21.3 Å². The Morgan fingerprint density at radius 2 is 2.00 bits per heavy atom. The predicted molar refractivity (Wildman–Crippen MR) is 68.2 cm³/mol. The van der Waals surface area contributed by atoms with Crippen LogP contribution in [0.3, 0.4) is 0 Å². The molecular formula is C11H13IO4. The fourth-order valence-electron chi connectivity index (χ4n) is 1.21. The molecule has 0 aliphatic carbocycles. The third kappa shape index (κ3) is 3.08. The molecular weight excluding hydrogens is 323 g/mol. The Morgan fingerprint density at radius 3 is 2.50 bits per heavy atom. The second-order valence-electron chi connectivity index (χ2n) is 3.09. The summed E-state index contributed by atoms with van der Waals surface area (Å²) in [4.78, 5) is 11.4. The Kier molecular flexibility index (Phi) is 5.01. The van der Waals surface area contributed by atoms with Gasteiger partial charge in [0, 0.05) is 7.11 Å². The average Bonchev–Trinajstić information content (AvgIpc) is 2.25. The van der Waals surface area contributed by atoms with Gasteiger partial charge in [-0.15, -0.1) is 0 Å². The van der Waals surface area contributed by atoms with E-state index in [1.807, 2.05) is 0 Å². The molecule has 0 N–H and O–H groups in total. The Balaban J connectivity index is 3.14. The van der Waals surface area contributed by atoms with E-state index >= 15 is 0 Å². The zero-order valence-electron chi connectivity index (χ0n) is 9.37. The molecule has 0 bridgehead atoms. The van der Waals surface area contributed by atoms with Crippen molar-refractivity contribution < 1.29 is 19.0 Å². The highest BCUT2D eigenvalue weighted by molar-refractivity contribution is 14.1. The maximum absolute atomic E-state index is 11.4. The summed E-state index contributed by atoms with van der Waals surface area (Å²) < 4.78 is 16.2. The van der Waals surface area contributed by atoms with Crippen LogP contribution in [0.1, 0.15) is 17.3 Å². The zero-order chi connectivity index (χ0) is 12.1. The van der Waals surface area contributed by atoms with E-state index in [1.165, 1.54) is 14.0 Å². The van der Waals surface area contributed by atoms with E-state index in [1.54, 1.807) is 19.2 Å². The van der Waals surface area contributed by atoms with Crippen LogP contribution in [0.5, 0.6) is 11.5 Å². The topological polar surface area (TPSA) is 44.8 Å². The molecule has 0 aromatic heterocycles. The van der Waals surface area contributed by atoms with Crippen LogP contribution in [0.15, 0.2) is 12.1 Å². The van der Waals surface area contributed by atoms with Gasteiger partial charge in [-0.2, -0.15) is 0 Å². The second kappa shape index (κ2) is 6.05. The Labute approximate surface area is 108 Å². The van der Waals surface area contributed by atoms with Crippen molar-refractivity contribution in [2.45, 2.75) is 6.92 Å². The van der Waals surface area contributed by atoms with Gasteiger partial charge in [0.15, 0.2) is 12.6 Å². The minimum atomic E-state index is -0.0687. The molecule has 0 radical (unpaired) electrons. The molecule has 0 fully saturated rings. The van der Waals surface area contributed by atoms with E-state index in [0.29, 0.717) is 17.1 Å². The number of hydrogen-bond acceptors (Lipinski definition) is 4. The summed E-state index contributed by atoms with van der Waals surface area (Å²) in [7, 11) is 3.10. The maximum Gasteiger partial charge on any atom is 0.188 e. The summed E-state index contributed by atoms with van der Waals surface area (Å²) in [5.74, 6) is 1.11. The summed E-state index contributed by atoms with van der Waals surface area (Å²) in [5.41, 5.74) is 0.495. The molecule has 1 aromatic rings. The lowest BCUT2D eigenvalue weighted by atomic mass is 10.1. The molecule has 0 heterocycles. The molecule has 0 saturated heterocycles. The number of halogens is 1. The standard InChI is InChI=1S/C11H13IO4/c1-7(13)8-4-11(15-3)9(12)5-10(8)16-6-14-2/h4-5H,6H2,1-3H3. The molecule has 0 atom stereocenters. The quantitative estimate of drug-likeness (QED) is 0.471. The van der Waals surface area contributed by atoms with Crippen LogP contribution < -0.4 is 9.47 Å². The third-order valence-corrected chi connectivity index (χ3v) is 2.81. The smallest absolute Gasteiger partial charge is 0.188 e. The molecule has 4 nitrogen and oxygen atoms in total. The molecule has 1 rings (SSSR count). The van der Waals surface area contributed by atoms with Crippen molar-refractivity contribution in [1.29, 1.82) is 0 Å². The minimum Gasteiger partial charge on any atom is -0.496 e. The molecule has 0 aliphatic rings. The van der Waals surface area contributed by atoms with E-state index in [4.69, 9.17) is 14.2 Å². The van der Waals surface area contributed by atoms with Crippen LogP contribution in [0.25, 0.3) is 0 Å². The van der Waals surface area contributed by atoms with Crippen LogP contribution in [0, 0.1) is 3.57 Å². The highest BCUT2D eigenvalue weighted by Crippen LogP contribution is 2.30. The average molecular weight is 336 g/mol. The number of carbonyl (C=O) groups excluding carboxylic acids is 1. The van der Waals surface area contributed by atoms with Gasteiger partial charge in [-0.25, -0.2) is 0 Å². The first-order valence-corrected chi connectivity index (χ1v) is 5.68. The van der Waals surface area contributed by atoms with Gasteiger partial charge in [0.25, 0.3) is 0 Å². The minimum absolute atomic E-state index is 0.0687. The van der Waals surface area contributed by atoms with E-state index in [-0.39, 0.29) is 12.6 Å². The molecule has 0 aliphatic heterocycles. The molecule has 16 heavy (non-hydrogen) atoms. The molecule has 0 amide bonds. The van der Waals surface area contributed by atoms with E-state index in [0.717, 1.165) is 3.57 Å². The molecule has 0 unspecified atom stereocenters. The summed E-state index contributed by atoms with van der Waals surface area (Å²) in [6.45, 7) is 1.60. The molecule has 0 saturated carbocycles. The lowest BCUT2D eigenvalue weighted by molar-refractivity contribution is 0.0502. The Morgan fingerprint density at radius 1 is 1.31 bits per heavy atom. The van der Waals surface area contributed by atoms with Gasteiger partial charge in [0.05, 0.1) is 16.2 Å². The number of methoxy groups -OCH3 is 2. The lowest BCUT2D eigenvalue weighted by Gasteiger charge is -2.12. The normalized spacial score (nSPS) is 10.0. The van der Waals surface area contributed by atoms with Crippen LogP contribution in [-0.4, -0.2) is 26.8 Å². The number of ether oxygens (including phenoxy) is 3. The van der Waals surface area contributed by atoms with Gasteiger partial charge in [0.1, 0.15) is 11.5 Å². The van der Waals surface area contributed by atoms with E-state index < -0.39 is 0 Å². The van der Waals surface area contributed by atoms with Crippen LogP contribution in [-0.2, 0) is 4.74 Å². The predicted octanol–water partition coefficient (Wildman–Crippen LogP) is 2.49. The summed E-state index contributed by atoms with van der Waals surface area (Å²) in [6.07, 6.45) is 0. The van der Waals surface area contributed by atoms with Gasteiger partial charge in [-0.05, 0) is 41.6 Å². The highest BCUT2D eigenvalue weighted by Gasteiger charge is 2.13. The Bertz CT molecular complexity index is 390. The van der Waals surface area contributed by atoms with Crippen molar-refractivity contribution in [3.63, 3.8) is 0 Å². The highest BCUT2D eigenvalue weighted by atomic mass is 127. The first kappa shape index (κ1) is 13.2. The number of Topliss-reactive ketones (excluding diaryl/α,β-unsaturated/α-hetero) is 1. The first-order valence-electron chi connectivity index (χ1n) is 4.60. The number of carbonyl (C=O) groups is 1. The first-order chi connectivity index (χ1) is 7.60. The zero-order valence-corrected chi connectivity index (χ0v) is 11.5. The fourth-order valence-corrected chi connectivity index (χ4v) is 1.87. The summed E-state index contributed by atoms with van der Waals surface area (Å²) >= 11 is 2.12. The van der Waals surface area contributed by atoms with E-state index in [2.05, 4.69) is 22.6 Å². The van der Waals surface area contributed by atoms with Gasteiger partial charge in [-0.1, -0.05) is 0 Å². The molecule has 1 aromatic carbocycles. The molecule has 88 valence electrons. The number of rotatable bonds is 5. The number of ketones is 1. The van der Waals surface area contributed by atoms with Crippen LogP contribution in [0.4, 0.5) is 0 Å². The van der Waals surface area contributed by atoms with Crippen LogP contribution in [0.2, 0.25) is 0 Å². The van der Waals surface area contributed by atoms with Gasteiger partial charge in [-0.3, -0.25) is 4.79 Å². The van der Waals surface area contributed by atoms with Crippen molar-refractivity contribution in [3.8, 4) is 11.5 Å². The number of benzene rings is 1. The lowest BCUT2D eigenvalue weighted by Crippen LogP contribution is -2.05. The monoisotopic (exact) mass is 336 g/mol. The molecule has 0 spiro atoms. The van der Waals surface area contributed by atoms with Crippen molar-refractivity contribution in [2.24, 2.45) is 0 Å². The largest absolute Gasteiger partial charge is 0.496 e. The molecule has 5 heteroatoms. The Hall–Kier alpha value is -0.820. The van der Waals surface area contributed by atoms with Crippen LogP contribution >= 0.6 is 22.6 Å². The van der Waals surface area contributed by atoms with Crippen molar-refractivity contribution in [2.75, 3.05) is 21.0 Å². The van der Waals surface area contributed by atoms with Crippen molar-refractivity contribution >= 4 is 28.4 Å². The van der Waals surface area contributed by atoms with Crippen molar-refractivity contribution in [1.82, 2.24) is 0 Å². The summed E-state index contributed by atoms with van der Waals surface area (Å²) in [5, 5.41) is 0. The SMILES string of the molecule is COCOc1cc(I)c(OC)cc1C(C)=O.